The number of amides is 1. The van der Waals surface area contributed by atoms with Crippen molar-refractivity contribution in [1.29, 1.82) is 0 Å². The fraction of sp³-hybridized carbons (Fsp3) is 0.440. The first-order chi connectivity index (χ1) is 17.5. The maximum Gasteiger partial charge on any atom is 0.293 e. The SMILES string of the molecule is CCOc1cccc2sc(N(CC3CCCO3)C(=O)c3ccc(N4CCOCC4)c([N+](=O)[O-])c3)nc12. The van der Waals surface area contributed by atoms with Crippen LogP contribution in [0.2, 0.25) is 0 Å². The van der Waals surface area contributed by atoms with E-state index in [2.05, 4.69) is 0 Å². The first-order valence-electron chi connectivity index (χ1n) is 12.1. The van der Waals surface area contributed by atoms with Gasteiger partial charge in [0.05, 0.1) is 42.1 Å². The molecule has 2 aliphatic rings. The topological polar surface area (TPSA) is 107 Å². The molecule has 1 atom stereocenters. The zero-order chi connectivity index (χ0) is 25.1. The summed E-state index contributed by atoms with van der Waals surface area (Å²) in [6.07, 6.45) is 1.66. The molecule has 2 fully saturated rings. The maximum absolute atomic E-state index is 13.8. The van der Waals surface area contributed by atoms with E-state index in [1.54, 1.807) is 17.0 Å². The van der Waals surface area contributed by atoms with E-state index in [1.165, 1.54) is 17.4 Å². The zero-order valence-corrected chi connectivity index (χ0v) is 20.9. The van der Waals surface area contributed by atoms with Gasteiger partial charge in [-0.1, -0.05) is 17.4 Å². The van der Waals surface area contributed by atoms with Gasteiger partial charge < -0.3 is 19.1 Å². The van der Waals surface area contributed by atoms with E-state index in [-0.39, 0.29) is 23.3 Å². The predicted octanol–water partition coefficient (Wildman–Crippen LogP) is 4.27. The summed E-state index contributed by atoms with van der Waals surface area (Å²) < 4.78 is 17.8. The number of para-hydroxylation sites is 1. The number of morpholine rings is 1. The van der Waals surface area contributed by atoms with Crippen LogP contribution in [-0.2, 0) is 9.47 Å². The molecule has 3 aromatic rings. The van der Waals surface area contributed by atoms with Crippen molar-refractivity contribution in [3.8, 4) is 5.75 Å². The smallest absolute Gasteiger partial charge is 0.293 e. The predicted molar refractivity (Wildman–Crippen MR) is 138 cm³/mol. The molecule has 190 valence electrons. The third kappa shape index (κ3) is 4.99. The quantitative estimate of drug-likeness (QED) is 0.325. The number of fused-ring (bicyclic) bond motifs is 1. The first kappa shape index (κ1) is 24.4. The summed E-state index contributed by atoms with van der Waals surface area (Å²) in [5.74, 6) is 0.312. The number of nitro groups is 1. The third-order valence-corrected chi connectivity index (χ3v) is 7.37. The minimum Gasteiger partial charge on any atom is -0.492 e. The van der Waals surface area contributed by atoms with Crippen molar-refractivity contribution in [2.75, 3.05) is 55.9 Å². The van der Waals surface area contributed by atoms with Gasteiger partial charge in [0, 0.05) is 31.3 Å². The fourth-order valence-electron chi connectivity index (χ4n) is 4.57. The first-order valence-corrected chi connectivity index (χ1v) is 12.9. The van der Waals surface area contributed by atoms with Gasteiger partial charge >= 0.3 is 0 Å². The Kier molecular flexibility index (Phi) is 7.30. The number of carbonyl (C=O) groups is 1. The van der Waals surface area contributed by atoms with Crippen LogP contribution in [-0.4, -0.2) is 68.0 Å². The molecule has 3 heterocycles. The van der Waals surface area contributed by atoms with E-state index >= 15 is 0 Å². The van der Waals surface area contributed by atoms with Crippen molar-refractivity contribution in [2.24, 2.45) is 0 Å². The van der Waals surface area contributed by atoms with Crippen molar-refractivity contribution in [3.05, 3.63) is 52.1 Å². The molecule has 5 rings (SSSR count). The summed E-state index contributed by atoms with van der Waals surface area (Å²) in [7, 11) is 0. The van der Waals surface area contributed by atoms with E-state index in [0.29, 0.717) is 68.1 Å². The highest BCUT2D eigenvalue weighted by Crippen LogP contribution is 2.36. The second kappa shape index (κ2) is 10.8. The Morgan fingerprint density at radius 1 is 1.28 bits per heavy atom. The number of hydrogen-bond acceptors (Lipinski definition) is 9. The zero-order valence-electron chi connectivity index (χ0n) is 20.1. The number of hydrogen-bond donors (Lipinski definition) is 0. The summed E-state index contributed by atoms with van der Waals surface area (Å²) in [6.45, 7) is 5.53. The molecule has 1 aromatic heterocycles. The van der Waals surface area contributed by atoms with Gasteiger partial charge in [-0.25, -0.2) is 4.98 Å². The van der Waals surface area contributed by atoms with Gasteiger partial charge in [0.2, 0.25) is 0 Å². The van der Waals surface area contributed by atoms with Gasteiger partial charge in [0.25, 0.3) is 11.6 Å². The Hall–Kier alpha value is -3.28. The van der Waals surface area contributed by atoms with Gasteiger partial charge in [-0.05, 0) is 44.0 Å². The van der Waals surface area contributed by atoms with E-state index in [1.807, 2.05) is 30.0 Å². The average molecular weight is 513 g/mol. The van der Waals surface area contributed by atoms with Crippen LogP contribution in [0.1, 0.15) is 30.1 Å². The molecule has 1 unspecified atom stereocenters. The minimum absolute atomic E-state index is 0.0947. The Bertz CT molecular complexity index is 1250. The lowest BCUT2D eigenvalue weighted by Gasteiger charge is -2.28. The van der Waals surface area contributed by atoms with Crippen LogP contribution in [0.15, 0.2) is 36.4 Å². The molecule has 0 aliphatic carbocycles. The number of carbonyl (C=O) groups excluding carboxylic acids is 1. The number of ether oxygens (including phenoxy) is 3. The average Bonchev–Trinajstić information content (AvgIpc) is 3.57. The van der Waals surface area contributed by atoms with Gasteiger partial charge in [-0.3, -0.25) is 19.8 Å². The molecule has 2 aromatic carbocycles. The van der Waals surface area contributed by atoms with Crippen LogP contribution < -0.4 is 14.5 Å². The largest absolute Gasteiger partial charge is 0.492 e. The summed E-state index contributed by atoms with van der Waals surface area (Å²) in [5, 5.41) is 12.5. The molecule has 2 saturated heterocycles. The minimum atomic E-state index is -0.432. The lowest BCUT2D eigenvalue weighted by molar-refractivity contribution is -0.384. The van der Waals surface area contributed by atoms with Gasteiger partial charge in [-0.15, -0.1) is 0 Å². The van der Waals surface area contributed by atoms with Gasteiger partial charge in [0.1, 0.15) is 17.0 Å². The monoisotopic (exact) mass is 512 g/mol. The highest BCUT2D eigenvalue weighted by Gasteiger charge is 2.30. The van der Waals surface area contributed by atoms with Crippen LogP contribution in [0.25, 0.3) is 10.2 Å². The molecule has 0 saturated carbocycles. The Labute approximate surface area is 212 Å². The molecular formula is C25H28N4O6S. The lowest BCUT2D eigenvalue weighted by Crippen LogP contribution is -2.38. The number of rotatable bonds is 8. The standard InChI is InChI=1S/C25H28N4O6S/c1-2-34-21-6-3-7-22-23(21)26-25(36-22)28(16-18-5-4-12-35-18)24(30)17-8-9-19(20(15-17)29(31)32)27-10-13-33-14-11-27/h3,6-9,15,18H,2,4-5,10-14,16H2,1H3. The van der Waals surface area contributed by atoms with Crippen LogP contribution in [0.4, 0.5) is 16.5 Å². The number of benzene rings is 2. The summed E-state index contributed by atoms with van der Waals surface area (Å²) in [4.78, 5) is 33.6. The molecule has 0 bridgehead atoms. The van der Waals surface area contributed by atoms with E-state index in [9.17, 15) is 14.9 Å². The van der Waals surface area contributed by atoms with Crippen molar-refractivity contribution >= 4 is 44.0 Å². The van der Waals surface area contributed by atoms with Gasteiger partial charge in [0.15, 0.2) is 5.13 Å². The molecule has 0 N–H and O–H groups in total. The van der Waals surface area contributed by atoms with Crippen molar-refractivity contribution in [1.82, 2.24) is 4.98 Å². The molecule has 1 amide bonds. The normalized spacial score (nSPS) is 17.9. The van der Waals surface area contributed by atoms with Crippen molar-refractivity contribution < 1.29 is 23.9 Å². The number of thiazole rings is 1. The van der Waals surface area contributed by atoms with E-state index < -0.39 is 4.92 Å². The van der Waals surface area contributed by atoms with Crippen molar-refractivity contribution in [3.63, 3.8) is 0 Å². The van der Waals surface area contributed by atoms with Crippen LogP contribution in [0.5, 0.6) is 5.75 Å². The summed E-state index contributed by atoms with van der Waals surface area (Å²) >= 11 is 1.39. The van der Waals surface area contributed by atoms with Crippen LogP contribution in [0.3, 0.4) is 0 Å². The van der Waals surface area contributed by atoms with E-state index in [4.69, 9.17) is 19.2 Å². The molecule has 10 nitrogen and oxygen atoms in total. The van der Waals surface area contributed by atoms with Crippen LogP contribution in [0, 0.1) is 10.1 Å². The third-order valence-electron chi connectivity index (χ3n) is 6.33. The van der Waals surface area contributed by atoms with Crippen LogP contribution >= 0.6 is 11.3 Å². The molecular weight excluding hydrogens is 484 g/mol. The van der Waals surface area contributed by atoms with Gasteiger partial charge in [-0.2, -0.15) is 0 Å². The van der Waals surface area contributed by atoms with E-state index in [0.717, 1.165) is 17.5 Å². The number of anilines is 2. The number of nitrogens with zero attached hydrogens (tertiary/aromatic N) is 4. The fourth-order valence-corrected chi connectivity index (χ4v) is 5.56. The molecule has 0 radical (unpaired) electrons. The second-order valence-electron chi connectivity index (χ2n) is 8.64. The molecule has 2 aliphatic heterocycles. The summed E-state index contributed by atoms with van der Waals surface area (Å²) in [6, 6.07) is 10.4. The highest BCUT2D eigenvalue weighted by atomic mass is 32.1. The highest BCUT2D eigenvalue weighted by molar-refractivity contribution is 7.22. The number of aromatic nitrogens is 1. The second-order valence-corrected chi connectivity index (χ2v) is 9.65. The Morgan fingerprint density at radius 2 is 2.11 bits per heavy atom. The maximum atomic E-state index is 13.8. The molecule has 0 spiro atoms. The van der Waals surface area contributed by atoms with Crippen molar-refractivity contribution in [2.45, 2.75) is 25.9 Å². The summed E-state index contributed by atoms with van der Waals surface area (Å²) in [5.41, 5.74) is 1.33. The molecule has 36 heavy (non-hydrogen) atoms. The number of nitro benzene ring substituents is 1. The Morgan fingerprint density at radius 3 is 2.83 bits per heavy atom. The lowest BCUT2D eigenvalue weighted by atomic mass is 10.1. The molecule has 11 heteroatoms. The Balaban J connectivity index is 1.51.